The number of rotatable bonds is 9. The summed E-state index contributed by atoms with van der Waals surface area (Å²) in [6.07, 6.45) is 7.39. The monoisotopic (exact) mass is 408 g/mol. The van der Waals surface area contributed by atoms with Gasteiger partial charge in [-0.3, -0.25) is 4.72 Å². The Labute approximate surface area is 170 Å². The van der Waals surface area contributed by atoms with Crippen LogP contribution in [0, 0.1) is 5.92 Å². The summed E-state index contributed by atoms with van der Waals surface area (Å²) in [4.78, 5) is 2.70. The van der Waals surface area contributed by atoms with Crippen LogP contribution in [0.3, 0.4) is 0 Å². The summed E-state index contributed by atoms with van der Waals surface area (Å²) < 4.78 is 32.1. The third-order valence-corrected chi connectivity index (χ3v) is 7.76. The zero-order valence-corrected chi connectivity index (χ0v) is 18.4. The molecule has 3 rings (SSSR count). The van der Waals surface area contributed by atoms with Crippen molar-refractivity contribution in [2.75, 3.05) is 37.3 Å². The molecule has 1 saturated carbocycles. The summed E-state index contributed by atoms with van der Waals surface area (Å²) in [5.74, 6) is 0.726. The molecule has 1 aromatic rings. The largest absolute Gasteiger partial charge is 0.384 e. The maximum Gasteiger partial charge on any atom is 0.234 e. The van der Waals surface area contributed by atoms with E-state index >= 15 is 0 Å². The number of nitrogens with zero attached hydrogens (tertiary/aromatic N) is 1. The van der Waals surface area contributed by atoms with E-state index in [2.05, 4.69) is 35.6 Å². The van der Waals surface area contributed by atoms with Crippen molar-refractivity contribution < 1.29 is 13.2 Å². The average molecular weight is 409 g/mol. The summed E-state index contributed by atoms with van der Waals surface area (Å²) in [7, 11) is -1.86. The van der Waals surface area contributed by atoms with Gasteiger partial charge in [-0.05, 0) is 74.2 Å². The minimum absolute atomic E-state index is 0.0221. The average Bonchev–Trinajstić information content (AvgIpc) is 2.66. The van der Waals surface area contributed by atoms with Gasteiger partial charge < -0.3 is 9.64 Å². The lowest BCUT2D eigenvalue weighted by Gasteiger charge is -2.51. The first-order valence-corrected chi connectivity index (χ1v) is 12.3. The first-order valence-electron chi connectivity index (χ1n) is 10.7. The first kappa shape index (κ1) is 21.6. The number of fused-ring (bicyclic) bond motifs is 2. The molecule has 2 fully saturated rings. The van der Waals surface area contributed by atoms with E-state index in [4.69, 9.17) is 4.74 Å². The normalized spacial score (nSPS) is 25.8. The Morgan fingerprint density at radius 3 is 2.89 bits per heavy atom. The van der Waals surface area contributed by atoms with Gasteiger partial charge in [-0.1, -0.05) is 32.4 Å². The molecule has 5 nitrogen and oxygen atoms in total. The maximum absolute atomic E-state index is 12.2. The second-order valence-electron chi connectivity index (χ2n) is 8.99. The Bertz CT molecular complexity index is 750. The highest BCUT2D eigenvalue weighted by atomic mass is 32.2. The Hall–Kier alpha value is -1.11. The molecule has 2 aliphatic rings. The van der Waals surface area contributed by atoms with E-state index in [1.807, 2.05) is 12.1 Å². The van der Waals surface area contributed by atoms with Crippen molar-refractivity contribution in [3.63, 3.8) is 0 Å². The van der Waals surface area contributed by atoms with E-state index in [0.717, 1.165) is 12.5 Å². The van der Waals surface area contributed by atoms with Crippen LogP contribution in [-0.2, 0) is 20.2 Å². The number of ether oxygens (including phenoxy) is 1. The topological polar surface area (TPSA) is 58.6 Å². The predicted octanol–water partition coefficient (Wildman–Crippen LogP) is 4.01. The Morgan fingerprint density at radius 1 is 1.32 bits per heavy atom. The summed E-state index contributed by atoms with van der Waals surface area (Å²) >= 11 is 0. The molecule has 2 unspecified atom stereocenters. The quantitative estimate of drug-likeness (QED) is 0.671. The molecule has 1 N–H and O–H groups in total. The van der Waals surface area contributed by atoms with Crippen LogP contribution in [0.25, 0.3) is 0 Å². The lowest BCUT2D eigenvalue weighted by molar-refractivity contribution is 0.0485. The van der Waals surface area contributed by atoms with Gasteiger partial charge in [0.25, 0.3) is 0 Å². The molecule has 2 bridgehead atoms. The van der Waals surface area contributed by atoms with Crippen molar-refractivity contribution in [2.45, 2.75) is 63.8 Å². The van der Waals surface area contributed by atoms with Crippen molar-refractivity contribution in [3.05, 3.63) is 29.8 Å². The number of hydrogen-bond acceptors (Lipinski definition) is 4. The minimum Gasteiger partial charge on any atom is -0.384 e. The number of benzene rings is 1. The van der Waals surface area contributed by atoms with Gasteiger partial charge in [0.05, 0.1) is 12.4 Å². The van der Waals surface area contributed by atoms with Crippen LogP contribution in [-0.4, -0.2) is 51.9 Å². The highest BCUT2D eigenvalue weighted by molar-refractivity contribution is 7.92. The summed E-state index contributed by atoms with van der Waals surface area (Å²) in [5, 5.41) is 0. The van der Waals surface area contributed by atoms with Crippen LogP contribution < -0.4 is 4.72 Å². The van der Waals surface area contributed by atoms with Gasteiger partial charge >= 0.3 is 0 Å². The number of piperidine rings is 1. The predicted molar refractivity (Wildman–Crippen MR) is 115 cm³/mol. The number of methoxy groups -OCH3 is 1. The van der Waals surface area contributed by atoms with E-state index < -0.39 is 10.0 Å². The second kappa shape index (κ2) is 9.14. The van der Waals surface area contributed by atoms with Gasteiger partial charge in [0.1, 0.15) is 0 Å². The molecule has 1 aliphatic heterocycles. The van der Waals surface area contributed by atoms with Gasteiger partial charge in [-0.25, -0.2) is 8.42 Å². The van der Waals surface area contributed by atoms with E-state index in [9.17, 15) is 8.42 Å². The smallest absolute Gasteiger partial charge is 0.234 e. The number of likely N-dealkylation sites (tertiary alicyclic amines) is 1. The van der Waals surface area contributed by atoms with Gasteiger partial charge in [-0.15, -0.1) is 0 Å². The van der Waals surface area contributed by atoms with E-state index in [0.29, 0.717) is 11.7 Å². The molecule has 0 aromatic heterocycles. The lowest BCUT2D eigenvalue weighted by atomic mass is 9.63. The standard InChI is InChI=1S/C22H36N2O3S/c1-18(2)9-12-24-13-11-22(10-5-8-21(24)17-22)19-6-4-7-20(16-19)23-28(25,26)15-14-27-3/h4,6-7,16,18,21,23H,5,8-15,17H2,1-3H3. The van der Waals surface area contributed by atoms with Crippen molar-refractivity contribution in [1.82, 2.24) is 4.90 Å². The highest BCUT2D eigenvalue weighted by Crippen LogP contribution is 2.47. The summed E-state index contributed by atoms with van der Waals surface area (Å²) in [5.41, 5.74) is 2.17. The summed E-state index contributed by atoms with van der Waals surface area (Å²) in [6, 6.07) is 8.77. The van der Waals surface area contributed by atoms with Crippen molar-refractivity contribution in [1.29, 1.82) is 0 Å². The Kier molecular flexibility index (Phi) is 7.05. The third-order valence-electron chi connectivity index (χ3n) is 6.51. The molecule has 1 aliphatic carbocycles. The minimum atomic E-state index is -3.38. The third kappa shape index (κ3) is 5.28. The van der Waals surface area contributed by atoms with E-state index in [1.54, 1.807) is 0 Å². The van der Waals surface area contributed by atoms with Gasteiger partial charge in [0.2, 0.25) is 10.0 Å². The molecule has 1 aromatic carbocycles. The van der Waals surface area contributed by atoms with Crippen LogP contribution in [0.4, 0.5) is 5.69 Å². The molecule has 1 saturated heterocycles. The lowest BCUT2D eigenvalue weighted by Crippen LogP contribution is -2.52. The van der Waals surface area contributed by atoms with Gasteiger partial charge in [0.15, 0.2) is 0 Å². The molecular formula is C22H36N2O3S. The fourth-order valence-corrected chi connectivity index (χ4v) is 5.85. The first-order chi connectivity index (χ1) is 13.3. The Morgan fingerprint density at radius 2 is 2.14 bits per heavy atom. The zero-order valence-electron chi connectivity index (χ0n) is 17.6. The molecule has 0 radical (unpaired) electrons. The highest BCUT2D eigenvalue weighted by Gasteiger charge is 2.43. The molecule has 28 heavy (non-hydrogen) atoms. The number of hydrogen-bond donors (Lipinski definition) is 1. The van der Waals surface area contributed by atoms with Crippen molar-refractivity contribution in [3.8, 4) is 0 Å². The molecule has 158 valence electrons. The fraction of sp³-hybridized carbons (Fsp3) is 0.727. The zero-order chi connectivity index (χ0) is 20.2. The molecule has 2 atom stereocenters. The fourth-order valence-electron chi connectivity index (χ4n) is 4.87. The van der Waals surface area contributed by atoms with Crippen LogP contribution >= 0.6 is 0 Å². The summed E-state index contributed by atoms with van der Waals surface area (Å²) in [6.45, 7) is 7.16. The van der Waals surface area contributed by atoms with Crippen LogP contribution in [0.15, 0.2) is 24.3 Å². The number of anilines is 1. The molecule has 0 spiro atoms. The van der Waals surface area contributed by atoms with Crippen molar-refractivity contribution >= 4 is 15.7 Å². The van der Waals surface area contributed by atoms with Crippen molar-refractivity contribution in [2.24, 2.45) is 5.92 Å². The van der Waals surface area contributed by atoms with Crippen LogP contribution in [0.1, 0.15) is 57.9 Å². The van der Waals surface area contributed by atoms with E-state index in [-0.39, 0.29) is 17.8 Å². The Balaban J connectivity index is 1.73. The van der Waals surface area contributed by atoms with Gasteiger partial charge in [-0.2, -0.15) is 0 Å². The van der Waals surface area contributed by atoms with Crippen LogP contribution in [0.5, 0.6) is 0 Å². The SMILES string of the molecule is COCCS(=O)(=O)Nc1cccc(C23CCCC(C2)N(CCC(C)C)CC3)c1. The molecule has 6 heteroatoms. The second-order valence-corrected chi connectivity index (χ2v) is 10.8. The molecule has 1 heterocycles. The number of sulfonamides is 1. The van der Waals surface area contributed by atoms with Gasteiger partial charge in [0, 0.05) is 18.8 Å². The number of nitrogens with one attached hydrogen (secondary N) is 1. The maximum atomic E-state index is 12.2. The molecule has 0 amide bonds. The van der Waals surface area contributed by atoms with Crippen LogP contribution in [0.2, 0.25) is 0 Å². The van der Waals surface area contributed by atoms with E-state index in [1.165, 1.54) is 57.7 Å². The molecular weight excluding hydrogens is 372 g/mol.